The van der Waals surface area contributed by atoms with Gasteiger partial charge in [-0.3, -0.25) is 4.18 Å². The van der Waals surface area contributed by atoms with Crippen LogP contribution in [0.3, 0.4) is 0 Å². The fraction of sp³-hybridized carbons (Fsp3) is 0.333. The molecule has 0 aliphatic carbocycles. The van der Waals surface area contributed by atoms with E-state index in [0.29, 0.717) is 11.3 Å². The number of hydrogen-bond acceptors (Lipinski definition) is 4. The van der Waals surface area contributed by atoms with Gasteiger partial charge in [-0.1, -0.05) is 12.1 Å². The zero-order chi connectivity index (χ0) is 11.5. The van der Waals surface area contributed by atoms with Gasteiger partial charge in [-0.2, -0.15) is 8.42 Å². The van der Waals surface area contributed by atoms with Gasteiger partial charge < -0.3 is 4.74 Å². The highest BCUT2D eigenvalue weighted by molar-refractivity contribution is 7.84. The Morgan fingerprint density at radius 3 is 2.60 bits per heavy atom. The zero-order valence-electron chi connectivity index (χ0n) is 8.51. The summed E-state index contributed by atoms with van der Waals surface area (Å²) >= 11 is 0. The first-order chi connectivity index (χ1) is 6.92. The predicted octanol–water partition coefficient (Wildman–Crippen LogP) is 0.976. The number of hydrogen-bond donors (Lipinski definition) is 1. The third-order valence-electron chi connectivity index (χ3n) is 1.84. The van der Waals surface area contributed by atoms with E-state index < -0.39 is 16.4 Å². The lowest BCUT2D eigenvalue weighted by molar-refractivity contribution is 0.234. The van der Waals surface area contributed by atoms with E-state index in [4.69, 9.17) is 9.88 Å². The number of benzene rings is 1. The Morgan fingerprint density at radius 1 is 1.40 bits per heavy atom. The number of rotatable bonds is 4. The van der Waals surface area contributed by atoms with E-state index in [1.165, 1.54) is 7.11 Å². The molecule has 0 fully saturated rings. The van der Waals surface area contributed by atoms with Crippen LogP contribution in [0.1, 0.15) is 18.6 Å². The van der Waals surface area contributed by atoms with E-state index in [-0.39, 0.29) is 0 Å². The van der Waals surface area contributed by atoms with Crippen molar-refractivity contribution in [2.45, 2.75) is 13.0 Å². The maximum Gasteiger partial charge on any atom is 0.333 e. The van der Waals surface area contributed by atoms with Gasteiger partial charge in [-0.25, -0.2) is 5.14 Å². The summed E-state index contributed by atoms with van der Waals surface area (Å²) in [4.78, 5) is 0. The molecule has 6 heteroatoms. The maximum atomic E-state index is 10.7. The van der Waals surface area contributed by atoms with Crippen LogP contribution in [0.2, 0.25) is 0 Å². The third-order valence-corrected chi connectivity index (χ3v) is 2.40. The average molecular weight is 231 g/mol. The first kappa shape index (κ1) is 12.0. The highest BCUT2D eigenvalue weighted by atomic mass is 32.2. The Morgan fingerprint density at radius 2 is 2.07 bits per heavy atom. The lowest BCUT2D eigenvalue weighted by Gasteiger charge is -2.11. The third kappa shape index (κ3) is 3.86. The fourth-order valence-electron chi connectivity index (χ4n) is 1.15. The molecule has 1 rings (SSSR count). The standard InChI is InChI=1S/C9H13NO4S/c1-7(14-15(10,11)12)8-4-3-5-9(6-8)13-2/h3-7H,1-2H3,(H2,10,11,12). The van der Waals surface area contributed by atoms with Crippen molar-refractivity contribution in [2.75, 3.05) is 7.11 Å². The van der Waals surface area contributed by atoms with Gasteiger partial charge in [0.25, 0.3) is 0 Å². The van der Waals surface area contributed by atoms with Crippen molar-refractivity contribution < 1.29 is 17.3 Å². The van der Waals surface area contributed by atoms with Gasteiger partial charge in [0.05, 0.1) is 7.11 Å². The van der Waals surface area contributed by atoms with Gasteiger partial charge in [-0.05, 0) is 24.6 Å². The number of methoxy groups -OCH3 is 1. The molecule has 0 aliphatic heterocycles. The van der Waals surface area contributed by atoms with E-state index >= 15 is 0 Å². The summed E-state index contributed by atoms with van der Waals surface area (Å²) in [7, 11) is -2.40. The molecule has 5 nitrogen and oxygen atoms in total. The fourth-order valence-corrected chi connectivity index (χ4v) is 1.66. The van der Waals surface area contributed by atoms with Gasteiger partial charge in [0.1, 0.15) is 11.9 Å². The molecule has 1 aromatic rings. The molecule has 15 heavy (non-hydrogen) atoms. The van der Waals surface area contributed by atoms with Crippen LogP contribution in [0.25, 0.3) is 0 Å². The molecule has 0 saturated carbocycles. The van der Waals surface area contributed by atoms with Crippen molar-refractivity contribution in [3.8, 4) is 5.75 Å². The first-order valence-corrected chi connectivity index (χ1v) is 5.74. The van der Waals surface area contributed by atoms with Crippen LogP contribution in [0.4, 0.5) is 0 Å². The predicted molar refractivity (Wildman–Crippen MR) is 55.6 cm³/mol. The van der Waals surface area contributed by atoms with E-state index in [9.17, 15) is 8.42 Å². The highest BCUT2D eigenvalue weighted by Crippen LogP contribution is 2.22. The quantitative estimate of drug-likeness (QED) is 0.837. The molecule has 0 heterocycles. The smallest absolute Gasteiger partial charge is 0.333 e. The second-order valence-electron chi connectivity index (χ2n) is 3.01. The van der Waals surface area contributed by atoms with Crippen LogP contribution in [-0.2, 0) is 14.5 Å². The van der Waals surface area contributed by atoms with Crippen LogP contribution in [0.15, 0.2) is 24.3 Å². The van der Waals surface area contributed by atoms with Gasteiger partial charge in [-0.15, -0.1) is 0 Å². The molecular weight excluding hydrogens is 218 g/mol. The van der Waals surface area contributed by atoms with Crippen molar-refractivity contribution in [1.29, 1.82) is 0 Å². The summed E-state index contributed by atoms with van der Waals surface area (Å²) in [5.41, 5.74) is 0.684. The molecule has 0 bridgehead atoms. The van der Waals surface area contributed by atoms with Crippen molar-refractivity contribution >= 4 is 10.3 Å². The zero-order valence-corrected chi connectivity index (χ0v) is 9.32. The Kier molecular flexibility index (Phi) is 3.67. The van der Waals surface area contributed by atoms with Crippen LogP contribution in [0, 0.1) is 0 Å². The van der Waals surface area contributed by atoms with E-state index in [1.54, 1.807) is 31.2 Å². The molecule has 1 atom stereocenters. The summed E-state index contributed by atoms with van der Waals surface area (Å²) < 4.78 is 31.0. The van der Waals surface area contributed by atoms with E-state index in [0.717, 1.165) is 0 Å². The van der Waals surface area contributed by atoms with Crippen molar-refractivity contribution in [1.82, 2.24) is 0 Å². The largest absolute Gasteiger partial charge is 0.497 e. The molecule has 0 spiro atoms. The van der Waals surface area contributed by atoms with Crippen molar-refractivity contribution in [3.63, 3.8) is 0 Å². The van der Waals surface area contributed by atoms with E-state index in [2.05, 4.69) is 4.18 Å². The Labute approximate surface area is 89.1 Å². The van der Waals surface area contributed by atoms with Gasteiger partial charge in [0.15, 0.2) is 0 Å². The summed E-state index contributed by atoms with van der Waals surface area (Å²) in [5.74, 6) is 0.636. The van der Waals surface area contributed by atoms with Crippen molar-refractivity contribution in [3.05, 3.63) is 29.8 Å². The normalized spacial score (nSPS) is 13.5. The molecule has 2 N–H and O–H groups in total. The molecule has 1 aromatic carbocycles. The SMILES string of the molecule is COc1cccc(C(C)OS(N)(=O)=O)c1. The second-order valence-corrected chi connectivity index (χ2v) is 4.19. The number of ether oxygens (including phenoxy) is 1. The Bertz CT molecular complexity index is 429. The summed E-state index contributed by atoms with van der Waals surface area (Å²) in [5, 5.41) is 4.76. The number of nitrogens with two attached hydrogens (primary N) is 1. The van der Waals surface area contributed by atoms with Gasteiger partial charge in [0.2, 0.25) is 0 Å². The van der Waals surface area contributed by atoms with E-state index in [1.807, 2.05) is 0 Å². The van der Waals surface area contributed by atoms with Gasteiger partial charge >= 0.3 is 10.3 Å². The molecule has 1 unspecified atom stereocenters. The molecule has 0 aromatic heterocycles. The van der Waals surface area contributed by atoms with Crippen LogP contribution in [0.5, 0.6) is 5.75 Å². The van der Waals surface area contributed by atoms with Gasteiger partial charge in [0, 0.05) is 0 Å². The molecule has 84 valence electrons. The molecule has 0 radical (unpaired) electrons. The Hall–Kier alpha value is -1.11. The molecule has 0 amide bonds. The summed E-state index contributed by atoms with van der Waals surface area (Å²) in [6.07, 6.45) is -0.630. The minimum atomic E-state index is -3.93. The second kappa shape index (κ2) is 4.61. The topological polar surface area (TPSA) is 78.6 Å². The first-order valence-electron chi connectivity index (χ1n) is 4.27. The van der Waals surface area contributed by atoms with Crippen LogP contribution in [-0.4, -0.2) is 15.5 Å². The molecular formula is C9H13NO4S. The lowest BCUT2D eigenvalue weighted by Crippen LogP contribution is -2.17. The monoisotopic (exact) mass is 231 g/mol. The lowest BCUT2D eigenvalue weighted by atomic mass is 10.1. The van der Waals surface area contributed by atoms with Crippen LogP contribution < -0.4 is 9.88 Å². The maximum absolute atomic E-state index is 10.7. The van der Waals surface area contributed by atoms with Crippen molar-refractivity contribution in [2.24, 2.45) is 5.14 Å². The highest BCUT2D eigenvalue weighted by Gasteiger charge is 2.13. The molecule has 0 aliphatic rings. The Balaban J connectivity index is 2.86. The average Bonchev–Trinajstić information content (AvgIpc) is 2.15. The molecule has 0 saturated heterocycles. The minimum Gasteiger partial charge on any atom is -0.497 e. The minimum absolute atomic E-state index is 0.630. The summed E-state index contributed by atoms with van der Waals surface area (Å²) in [6, 6.07) is 6.93. The van der Waals surface area contributed by atoms with Crippen LogP contribution >= 0.6 is 0 Å². The summed E-state index contributed by atoms with van der Waals surface area (Å²) in [6.45, 7) is 1.60.